The Bertz CT molecular complexity index is 523. The largest absolute Gasteiger partial charge is 0.439 e. The Hall–Kier alpha value is -2.10. The van der Waals surface area contributed by atoms with Crippen molar-refractivity contribution < 1.29 is 4.74 Å². The maximum Gasteiger partial charge on any atom is 0.224 e. The van der Waals surface area contributed by atoms with E-state index in [9.17, 15) is 0 Å². The summed E-state index contributed by atoms with van der Waals surface area (Å²) in [5.41, 5.74) is 6.98. The van der Waals surface area contributed by atoms with Crippen LogP contribution in [0.3, 0.4) is 0 Å². The lowest BCUT2D eigenvalue weighted by Crippen LogP contribution is -2.00. The minimum atomic E-state index is 0.432. The molecule has 2 N–H and O–H groups in total. The Morgan fingerprint density at radius 3 is 2.39 bits per heavy atom. The highest BCUT2D eigenvalue weighted by molar-refractivity contribution is 5.36. The predicted octanol–water partition coefficient (Wildman–Crippen LogP) is 2.98. The average molecular weight is 243 g/mol. The molecule has 0 saturated heterocycles. The van der Waals surface area contributed by atoms with Gasteiger partial charge in [0.05, 0.1) is 0 Å². The summed E-state index contributed by atoms with van der Waals surface area (Å²) in [5, 5.41) is 0. The first-order valence-corrected chi connectivity index (χ1v) is 6.11. The molecule has 1 heterocycles. The van der Waals surface area contributed by atoms with E-state index < -0.39 is 0 Å². The summed E-state index contributed by atoms with van der Waals surface area (Å²) in [6.07, 6.45) is 1.75. The van der Waals surface area contributed by atoms with Gasteiger partial charge in [0.15, 0.2) is 0 Å². The van der Waals surface area contributed by atoms with Crippen LogP contribution in [0.25, 0.3) is 0 Å². The highest BCUT2D eigenvalue weighted by Crippen LogP contribution is 2.21. The first-order valence-electron chi connectivity index (χ1n) is 6.11. The number of aromatic nitrogens is 2. The fourth-order valence-corrected chi connectivity index (χ4v) is 1.62. The van der Waals surface area contributed by atoms with E-state index in [2.05, 4.69) is 16.9 Å². The zero-order chi connectivity index (χ0) is 13.0. The Morgan fingerprint density at radius 2 is 1.78 bits per heavy atom. The van der Waals surface area contributed by atoms with Gasteiger partial charge in [-0.25, -0.2) is 4.98 Å². The van der Waals surface area contributed by atoms with Crippen LogP contribution in [0, 0.1) is 0 Å². The number of benzene rings is 1. The SMILES string of the molecule is CCc1ccc(Oc2cc(N)nc(CC)n2)cc1. The number of rotatable bonds is 4. The fourth-order valence-electron chi connectivity index (χ4n) is 1.62. The van der Waals surface area contributed by atoms with Gasteiger partial charge < -0.3 is 10.5 Å². The molecule has 0 fully saturated rings. The minimum Gasteiger partial charge on any atom is -0.439 e. The van der Waals surface area contributed by atoms with Crippen molar-refractivity contribution in [2.75, 3.05) is 5.73 Å². The number of nitrogens with two attached hydrogens (primary N) is 1. The van der Waals surface area contributed by atoms with Gasteiger partial charge in [-0.05, 0) is 24.1 Å². The molecule has 0 radical (unpaired) electrons. The summed E-state index contributed by atoms with van der Waals surface area (Å²) in [6.45, 7) is 4.10. The van der Waals surface area contributed by atoms with Crippen molar-refractivity contribution in [3.63, 3.8) is 0 Å². The summed E-state index contributed by atoms with van der Waals surface area (Å²) in [4.78, 5) is 8.38. The van der Waals surface area contributed by atoms with Crippen LogP contribution in [0.1, 0.15) is 25.2 Å². The van der Waals surface area contributed by atoms with E-state index >= 15 is 0 Å². The van der Waals surface area contributed by atoms with Crippen LogP contribution in [-0.2, 0) is 12.8 Å². The second-order valence-electron chi connectivity index (χ2n) is 4.00. The Kier molecular flexibility index (Phi) is 3.77. The normalized spacial score (nSPS) is 10.3. The molecule has 18 heavy (non-hydrogen) atoms. The molecule has 0 bridgehead atoms. The van der Waals surface area contributed by atoms with Crippen LogP contribution in [0.5, 0.6) is 11.6 Å². The van der Waals surface area contributed by atoms with Crippen LogP contribution in [-0.4, -0.2) is 9.97 Å². The molecule has 0 unspecified atom stereocenters. The van der Waals surface area contributed by atoms with Crippen molar-refractivity contribution >= 4 is 5.82 Å². The van der Waals surface area contributed by atoms with Crippen molar-refractivity contribution in [1.82, 2.24) is 9.97 Å². The first kappa shape index (κ1) is 12.4. The summed E-state index contributed by atoms with van der Waals surface area (Å²) < 4.78 is 5.67. The Morgan fingerprint density at radius 1 is 1.06 bits per heavy atom. The molecule has 1 aromatic carbocycles. The molecule has 0 atom stereocenters. The minimum absolute atomic E-state index is 0.432. The molecule has 4 nitrogen and oxygen atoms in total. The average Bonchev–Trinajstić information content (AvgIpc) is 2.39. The number of anilines is 1. The molecular formula is C14H17N3O. The van der Waals surface area contributed by atoms with Gasteiger partial charge in [-0.2, -0.15) is 4.98 Å². The number of hydrogen-bond donors (Lipinski definition) is 1. The van der Waals surface area contributed by atoms with Gasteiger partial charge in [0, 0.05) is 12.5 Å². The number of aryl methyl sites for hydroxylation is 2. The van der Waals surface area contributed by atoms with Gasteiger partial charge in [-0.3, -0.25) is 0 Å². The van der Waals surface area contributed by atoms with Crippen molar-refractivity contribution in [3.8, 4) is 11.6 Å². The Balaban J connectivity index is 2.19. The lowest BCUT2D eigenvalue weighted by Gasteiger charge is -2.07. The molecule has 4 heteroatoms. The number of hydrogen-bond acceptors (Lipinski definition) is 4. The smallest absolute Gasteiger partial charge is 0.224 e. The van der Waals surface area contributed by atoms with Crippen molar-refractivity contribution in [2.24, 2.45) is 0 Å². The fraction of sp³-hybridized carbons (Fsp3) is 0.286. The third-order valence-corrected chi connectivity index (χ3v) is 2.64. The van der Waals surface area contributed by atoms with Gasteiger partial charge in [-0.1, -0.05) is 26.0 Å². The van der Waals surface area contributed by atoms with E-state index in [4.69, 9.17) is 10.5 Å². The van der Waals surface area contributed by atoms with E-state index in [1.807, 2.05) is 31.2 Å². The predicted molar refractivity (Wildman–Crippen MR) is 71.7 cm³/mol. The van der Waals surface area contributed by atoms with E-state index in [-0.39, 0.29) is 0 Å². The third kappa shape index (κ3) is 2.97. The van der Waals surface area contributed by atoms with Crippen molar-refractivity contribution in [1.29, 1.82) is 0 Å². The second kappa shape index (κ2) is 5.49. The van der Waals surface area contributed by atoms with Gasteiger partial charge in [0.1, 0.15) is 17.4 Å². The van der Waals surface area contributed by atoms with Crippen molar-refractivity contribution in [2.45, 2.75) is 26.7 Å². The van der Waals surface area contributed by atoms with Gasteiger partial charge in [-0.15, -0.1) is 0 Å². The zero-order valence-corrected chi connectivity index (χ0v) is 10.7. The molecule has 1 aromatic heterocycles. The molecule has 0 aliphatic carbocycles. The maximum absolute atomic E-state index is 5.70. The third-order valence-electron chi connectivity index (χ3n) is 2.64. The second-order valence-corrected chi connectivity index (χ2v) is 4.00. The molecule has 2 aromatic rings. The van der Waals surface area contributed by atoms with Crippen LogP contribution in [0.2, 0.25) is 0 Å². The zero-order valence-electron chi connectivity index (χ0n) is 10.7. The number of nitrogens with zero attached hydrogens (tertiary/aromatic N) is 2. The summed E-state index contributed by atoms with van der Waals surface area (Å²) >= 11 is 0. The summed E-state index contributed by atoms with van der Waals surface area (Å²) in [7, 11) is 0. The van der Waals surface area contributed by atoms with Crippen LogP contribution in [0.15, 0.2) is 30.3 Å². The highest BCUT2D eigenvalue weighted by Gasteiger charge is 2.03. The quantitative estimate of drug-likeness (QED) is 0.896. The molecule has 0 amide bonds. The molecule has 2 rings (SSSR count). The molecule has 0 spiro atoms. The lowest BCUT2D eigenvalue weighted by molar-refractivity contribution is 0.459. The highest BCUT2D eigenvalue weighted by atomic mass is 16.5. The molecule has 94 valence electrons. The van der Waals surface area contributed by atoms with E-state index in [0.717, 1.165) is 18.6 Å². The monoisotopic (exact) mass is 243 g/mol. The van der Waals surface area contributed by atoms with Gasteiger partial charge >= 0.3 is 0 Å². The number of ether oxygens (including phenoxy) is 1. The van der Waals surface area contributed by atoms with E-state index in [1.165, 1.54) is 5.56 Å². The van der Waals surface area contributed by atoms with Crippen molar-refractivity contribution in [3.05, 3.63) is 41.7 Å². The Labute approximate surface area is 107 Å². The maximum atomic E-state index is 5.70. The van der Waals surface area contributed by atoms with E-state index in [0.29, 0.717) is 17.5 Å². The van der Waals surface area contributed by atoms with E-state index in [1.54, 1.807) is 6.07 Å². The van der Waals surface area contributed by atoms with Gasteiger partial charge in [0.25, 0.3) is 0 Å². The molecule has 0 aliphatic heterocycles. The summed E-state index contributed by atoms with van der Waals surface area (Å²) in [6, 6.07) is 9.58. The first-order chi connectivity index (χ1) is 8.71. The lowest BCUT2D eigenvalue weighted by atomic mass is 10.2. The number of nitrogen functional groups attached to an aromatic ring is 1. The van der Waals surface area contributed by atoms with Crippen LogP contribution < -0.4 is 10.5 Å². The van der Waals surface area contributed by atoms with Crippen LogP contribution in [0.4, 0.5) is 5.82 Å². The van der Waals surface area contributed by atoms with Crippen LogP contribution >= 0.6 is 0 Å². The molecule has 0 aliphatic rings. The topological polar surface area (TPSA) is 61.0 Å². The standard InChI is InChI=1S/C14H17N3O/c1-3-10-5-7-11(8-6-10)18-14-9-12(15)16-13(4-2)17-14/h5-9H,3-4H2,1-2H3,(H2,15,16,17). The molecule has 0 saturated carbocycles. The van der Waals surface area contributed by atoms with Gasteiger partial charge in [0.2, 0.25) is 5.88 Å². The summed E-state index contributed by atoms with van der Waals surface area (Å²) in [5.74, 6) is 2.37. The molecular weight excluding hydrogens is 226 g/mol.